The van der Waals surface area contributed by atoms with Gasteiger partial charge >= 0.3 is 5.97 Å². The predicted octanol–water partition coefficient (Wildman–Crippen LogP) is 1.64. The third kappa shape index (κ3) is 3.04. The van der Waals surface area contributed by atoms with Crippen molar-refractivity contribution < 1.29 is 18.7 Å². The summed E-state index contributed by atoms with van der Waals surface area (Å²) in [5, 5.41) is 0. The summed E-state index contributed by atoms with van der Waals surface area (Å²) in [7, 11) is 0. The molecule has 1 N–H and O–H groups in total. The summed E-state index contributed by atoms with van der Waals surface area (Å²) >= 11 is 0. The van der Waals surface area contributed by atoms with Crippen LogP contribution in [-0.4, -0.2) is 48.8 Å². The molecule has 2 heterocycles. The van der Waals surface area contributed by atoms with Gasteiger partial charge in [-0.3, -0.25) is 4.79 Å². The number of morpholine rings is 1. The lowest BCUT2D eigenvalue weighted by Crippen LogP contribution is -2.36. The first kappa shape index (κ1) is 14.8. The van der Waals surface area contributed by atoms with Crippen LogP contribution in [0.3, 0.4) is 0 Å². The summed E-state index contributed by atoms with van der Waals surface area (Å²) in [5.41, 5.74) is 1.75. The lowest BCUT2D eigenvalue weighted by atomic mass is 10.2. The van der Waals surface area contributed by atoms with Crippen molar-refractivity contribution in [2.45, 2.75) is 13.3 Å². The van der Waals surface area contributed by atoms with E-state index in [1.807, 2.05) is 4.90 Å². The van der Waals surface area contributed by atoms with Crippen molar-refractivity contribution in [2.75, 3.05) is 37.8 Å². The molecule has 1 aromatic heterocycles. The van der Waals surface area contributed by atoms with E-state index in [9.17, 15) is 9.18 Å². The molecule has 1 aromatic carbocycles. The van der Waals surface area contributed by atoms with Gasteiger partial charge in [0.15, 0.2) is 0 Å². The van der Waals surface area contributed by atoms with Crippen LogP contribution in [0.1, 0.15) is 12.7 Å². The fourth-order valence-electron chi connectivity index (χ4n) is 2.55. The summed E-state index contributed by atoms with van der Waals surface area (Å²) in [5.74, 6) is -0.189. The van der Waals surface area contributed by atoms with Crippen molar-refractivity contribution in [1.82, 2.24) is 9.97 Å². The highest BCUT2D eigenvalue weighted by molar-refractivity contribution is 5.81. The number of benzene rings is 1. The third-order valence-electron chi connectivity index (χ3n) is 3.57. The number of imidazole rings is 1. The molecule has 0 atom stereocenters. The molecule has 1 saturated heterocycles. The lowest BCUT2D eigenvalue weighted by molar-refractivity contribution is -0.142. The fourth-order valence-corrected chi connectivity index (χ4v) is 2.55. The number of hydrogen-bond donors (Lipinski definition) is 1. The van der Waals surface area contributed by atoms with E-state index in [0.29, 0.717) is 55.5 Å². The standard InChI is InChI=1S/C15H18FN3O3/c1-2-22-15(20)9-14-17-11-7-10(16)13(8-12(11)18-14)19-3-5-21-6-4-19/h7-8H,2-6,9H2,1H3,(H,17,18). The van der Waals surface area contributed by atoms with Gasteiger partial charge in [0.2, 0.25) is 0 Å². The number of aromatic amines is 1. The van der Waals surface area contributed by atoms with Crippen molar-refractivity contribution in [3.63, 3.8) is 0 Å². The van der Waals surface area contributed by atoms with E-state index in [2.05, 4.69) is 9.97 Å². The predicted molar refractivity (Wildman–Crippen MR) is 79.4 cm³/mol. The van der Waals surface area contributed by atoms with Crippen LogP contribution in [-0.2, 0) is 20.7 Å². The quantitative estimate of drug-likeness (QED) is 0.870. The van der Waals surface area contributed by atoms with E-state index in [-0.39, 0.29) is 18.2 Å². The molecule has 1 aliphatic rings. The number of halogens is 1. The van der Waals surface area contributed by atoms with Gasteiger partial charge in [0.1, 0.15) is 18.1 Å². The van der Waals surface area contributed by atoms with Crippen molar-refractivity contribution in [3.05, 3.63) is 23.8 Å². The molecule has 0 aliphatic carbocycles. The molecule has 0 unspecified atom stereocenters. The summed E-state index contributed by atoms with van der Waals surface area (Å²) < 4.78 is 24.4. The van der Waals surface area contributed by atoms with Crippen LogP contribution in [0.25, 0.3) is 11.0 Å². The maximum atomic E-state index is 14.3. The van der Waals surface area contributed by atoms with Gasteiger partial charge in [0.25, 0.3) is 0 Å². The van der Waals surface area contributed by atoms with Crippen molar-refractivity contribution in [3.8, 4) is 0 Å². The van der Waals surface area contributed by atoms with Crippen molar-refractivity contribution in [2.24, 2.45) is 0 Å². The van der Waals surface area contributed by atoms with Crippen LogP contribution >= 0.6 is 0 Å². The zero-order valence-corrected chi connectivity index (χ0v) is 12.4. The molecule has 0 bridgehead atoms. The number of aromatic nitrogens is 2. The largest absolute Gasteiger partial charge is 0.466 e. The molecule has 3 rings (SSSR count). The minimum absolute atomic E-state index is 0.0526. The van der Waals surface area contributed by atoms with Gasteiger partial charge in [-0.2, -0.15) is 0 Å². The number of carbonyl (C=O) groups is 1. The van der Waals surface area contributed by atoms with E-state index >= 15 is 0 Å². The Kier molecular flexibility index (Phi) is 4.24. The Balaban J connectivity index is 1.86. The number of nitrogens with zero attached hydrogens (tertiary/aromatic N) is 2. The molecular formula is C15H18FN3O3. The number of anilines is 1. The summed E-state index contributed by atoms with van der Waals surface area (Å²) in [6.07, 6.45) is 0.0526. The highest BCUT2D eigenvalue weighted by Gasteiger charge is 2.18. The second kappa shape index (κ2) is 6.31. The van der Waals surface area contributed by atoms with E-state index in [0.717, 1.165) is 0 Å². The van der Waals surface area contributed by atoms with Gasteiger partial charge < -0.3 is 19.4 Å². The lowest BCUT2D eigenvalue weighted by Gasteiger charge is -2.29. The Morgan fingerprint density at radius 2 is 2.23 bits per heavy atom. The number of ether oxygens (including phenoxy) is 2. The van der Waals surface area contributed by atoms with E-state index in [4.69, 9.17) is 9.47 Å². The minimum Gasteiger partial charge on any atom is -0.466 e. The monoisotopic (exact) mass is 307 g/mol. The van der Waals surface area contributed by atoms with E-state index in [1.165, 1.54) is 6.07 Å². The highest BCUT2D eigenvalue weighted by atomic mass is 19.1. The zero-order chi connectivity index (χ0) is 15.5. The van der Waals surface area contributed by atoms with Gasteiger partial charge in [-0.05, 0) is 13.0 Å². The number of nitrogens with one attached hydrogen (secondary N) is 1. The van der Waals surface area contributed by atoms with Gasteiger partial charge in [0, 0.05) is 19.2 Å². The smallest absolute Gasteiger partial charge is 0.313 e. The van der Waals surface area contributed by atoms with Gasteiger partial charge in [0.05, 0.1) is 36.5 Å². The molecule has 22 heavy (non-hydrogen) atoms. The van der Waals surface area contributed by atoms with Crippen molar-refractivity contribution in [1.29, 1.82) is 0 Å². The van der Waals surface area contributed by atoms with Gasteiger partial charge in [-0.15, -0.1) is 0 Å². The van der Waals surface area contributed by atoms with Crippen LogP contribution in [0.2, 0.25) is 0 Å². The normalized spacial score (nSPS) is 15.3. The van der Waals surface area contributed by atoms with Gasteiger partial charge in [-0.1, -0.05) is 0 Å². The Labute approximate surface area is 127 Å². The second-order valence-corrected chi connectivity index (χ2v) is 5.09. The maximum absolute atomic E-state index is 14.3. The Bertz CT molecular complexity index is 680. The summed E-state index contributed by atoms with van der Waals surface area (Å²) in [6, 6.07) is 3.13. The minimum atomic E-state index is -0.351. The Hall–Kier alpha value is -2.15. The summed E-state index contributed by atoms with van der Waals surface area (Å²) in [4.78, 5) is 20.7. The molecule has 1 fully saturated rings. The van der Waals surface area contributed by atoms with Crippen LogP contribution in [0, 0.1) is 5.82 Å². The number of hydrogen-bond acceptors (Lipinski definition) is 5. The molecule has 2 aromatic rings. The molecule has 6 nitrogen and oxygen atoms in total. The van der Waals surface area contributed by atoms with Crippen LogP contribution < -0.4 is 4.90 Å². The molecule has 0 radical (unpaired) electrons. The zero-order valence-electron chi connectivity index (χ0n) is 12.4. The SMILES string of the molecule is CCOC(=O)Cc1nc2cc(F)c(N3CCOCC3)cc2[nH]1. The second-order valence-electron chi connectivity index (χ2n) is 5.09. The van der Waals surface area contributed by atoms with Gasteiger partial charge in [-0.25, -0.2) is 9.37 Å². The van der Waals surface area contributed by atoms with Crippen LogP contribution in [0.15, 0.2) is 12.1 Å². The first-order valence-electron chi connectivity index (χ1n) is 7.34. The average Bonchev–Trinajstić information content (AvgIpc) is 2.88. The van der Waals surface area contributed by atoms with E-state index in [1.54, 1.807) is 13.0 Å². The number of H-pyrrole nitrogens is 1. The molecule has 0 saturated carbocycles. The third-order valence-corrected chi connectivity index (χ3v) is 3.57. The maximum Gasteiger partial charge on any atom is 0.313 e. The Morgan fingerprint density at radius 3 is 2.95 bits per heavy atom. The number of carbonyl (C=O) groups excluding carboxylic acids is 1. The van der Waals surface area contributed by atoms with E-state index < -0.39 is 0 Å². The molecule has 0 amide bonds. The fraction of sp³-hybridized carbons (Fsp3) is 0.467. The first-order valence-corrected chi connectivity index (χ1v) is 7.34. The number of rotatable bonds is 4. The number of fused-ring (bicyclic) bond motifs is 1. The average molecular weight is 307 g/mol. The van der Waals surface area contributed by atoms with Crippen LogP contribution in [0.4, 0.5) is 10.1 Å². The molecule has 7 heteroatoms. The molecular weight excluding hydrogens is 289 g/mol. The molecule has 1 aliphatic heterocycles. The van der Waals surface area contributed by atoms with Crippen LogP contribution in [0.5, 0.6) is 0 Å². The Morgan fingerprint density at radius 1 is 1.45 bits per heavy atom. The topological polar surface area (TPSA) is 67.4 Å². The summed E-state index contributed by atoms with van der Waals surface area (Å²) in [6.45, 7) is 4.58. The molecule has 118 valence electrons. The van der Waals surface area contributed by atoms with Crippen molar-refractivity contribution >= 4 is 22.7 Å². The molecule has 0 spiro atoms. The first-order chi connectivity index (χ1) is 10.7. The number of esters is 1. The highest BCUT2D eigenvalue weighted by Crippen LogP contribution is 2.25.